The Morgan fingerprint density at radius 2 is 2.06 bits per heavy atom. The summed E-state index contributed by atoms with van der Waals surface area (Å²) in [6.45, 7) is 5.96. The maximum atomic E-state index is 11.5. The third-order valence-corrected chi connectivity index (χ3v) is 3.74. The average Bonchev–Trinajstić information content (AvgIpc) is 2.52. The highest BCUT2D eigenvalue weighted by Crippen LogP contribution is 2.40. The Morgan fingerprint density at radius 1 is 1.47 bits per heavy atom. The number of esters is 1. The molecule has 0 amide bonds. The first-order chi connectivity index (χ1) is 8.00. The molecule has 2 aliphatic heterocycles. The van der Waals surface area contributed by atoms with E-state index in [1.807, 2.05) is 0 Å². The third-order valence-electron chi connectivity index (χ3n) is 3.74. The van der Waals surface area contributed by atoms with Crippen molar-refractivity contribution < 1.29 is 19.4 Å². The van der Waals surface area contributed by atoms with Crippen LogP contribution in [-0.4, -0.2) is 42.1 Å². The summed E-state index contributed by atoms with van der Waals surface area (Å²) in [7, 11) is 0. The molecule has 0 bridgehead atoms. The van der Waals surface area contributed by atoms with Crippen LogP contribution in [0.3, 0.4) is 0 Å². The van der Waals surface area contributed by atoms with Crippen molar-refractivity contribution in [3.05, 3.63) is 11.1 Å². The highest BCUT2D eigenvalue weighted by Gasteiger charge is 2.48. The summed E-state index contributed by atoms with van der Waals surface area (Å²) in [6.07, 6.45) is 1.07. The standard InChI is InChI=1S/C12H17NO4/c1-3-13-6-4-12(5-7-13)9(10(14)15)8(2)11(16)17-12/h3-7H2,1-2H3,(H,14,15)/p-1. The van der Waals surface area contributed by atoms with Crippen LogP contribution in [0.4, 0.5) is 0 Å². The quantitative estimate of drug-likeness (QED) is 0.604. The van der Waals surface area contributed by atoms with Crippen molar-refractivity contribution in [2.24, 2.45) is 0 Å². The van der Waals surface area contributed by atoms with Crippen molar-refractivity contribution in [3.8, 4) is 0 Å². The molecule has 2 rings (SSSR count). The number of aliphatic carboxylic acids is 1. The predicted molar refractivity (Wildman–Crippen MR) is 57.9 cm³/mol. The van der Waals surface area contributed by atoms with E-state index in [0.717, 1.165) is 19.6 Å². The summed E-state index contributed by atoms with van der Waals surface area (Å²) < 4.78 is 5.31. The van der Waals surface area contributed by atoms with E-state index in [2.05, 4.69) is 11.8 Å². The largest absolute Gasteiger partial charge is 0.545 e. The number of piperidine rings is 1. The Balaban J connectivity index is 2.28. The van der Waals surface area contributed by atoms with Crippen molar-refractivity contribution in [1.29, 1.82) is 0 Å². The lowest BCUT2D eigenvalue weighted by Gasteiger charge is -2.39. The molecular weight excluding hydrogens is 222 g/mol. The minimum absolute atomic E-state index is 0.0539. The van der Waals surface area contributed by atoms with Gasteiger partial charge in [-0.25, -0.2) is 4.79 Å². The van der Waals surface area contributed by atoms with Crippen LogP contribution < -0.4 is 5.11 Å². The van der Waals surface area contributed by atoms with Crippen LogP contribution >= 0.6 is 0 Å². The molecule has 0 atom stereocenters. The van der Waals surface area contributed by atoms with Crippen LogP contribution in [0.15, 0.2) is 11.1 Å². The van der Waals surface area contributed by atoms with Crippen molar-refractivity contribution >= 4 is 11.9 Å². The van der Waals surface area contributed by atoms with Gasteiger partial charge in [-0.15, -0.1) is 0 Å². The van der Waals surface area contributed by atoms with E-state index in [9.17, 15) is 14.7 Å². The highest BCUT2D eigenvalue weighted by atomic mass is 16.6. The number of carboxylic acids is 1. The van der Waals surface area contributed by atoms with E-state index in [1.54, 1.807) is 0 Å². The molecule has 2 heterocycles. The summed E-state index contributed by atoms with van der Waals surface area (Å²) in [6, 6.07) is 0. The topological polar surface area (TPSA) is 69.7 Å². The van der Waals surface area contributed by atoms with Crippen molar-refractivity contribution in [2.45, 2.75) is 32.3 Å². The predicted octanol–water partition coefficient (Wildman–Crippen LogP) is -0.536. The lowest BCUT2D eigenvalue weighted by Crippen LogP contribution is -2.49. The van der Waals surface area contributed by atoms with Gasteiger partial charge in [-0.3, -0.25) is 0 Å². The van der Waals surface area contributed by atoms with Gasteiger partial charge in [0.15, 0.2) is 0 Å². The molecule has 94 valence electrons. The fraction of sp³-hybridized carbons (Fsp3) is 0.667. The van der Waals surface area contributed by atoms with Crippen molar-refractivity contribution in [2.75, 3.05) is 19.6 Å². The zero-order valence-corrected chi connectivity index (χ0v) is 10.1. The maximum absolute atomic E-state index is 11.5. The van der Waals surface area contributed by atoms with Crippen LogP contribution in [0.25, 0.3) is 0 Å². The number of likely N-dealkylation sites (tertiary alicyclic amines) is 1. The number of hydrogen-bond acceptors (Lipinski definition) is 5. The van der Waals surface area contributed by atoms with Crippen molar-refractivity contribution in [3.63, 3.8) is 0 Å². The number of carboxylic acid groups (broad SMARTS) is 1. The minimum Gasteiger partial charge on any atom is -0.545 e. The van der Waals surface area contributed by atoms with Crippen LogP contribution in [0.1, 0.15) is 26.7 Å². The Labute approximate surface area is 100 Å². The summed E-state index contributed by atoms with van der Waals surface area (Å²) in [5.41, 5.74) is -0.695. The van der Waals surface area contributed by atoms with Gasteiger partial charge in [-0.1, -0.05) is 6.92 Å². The molecule has 0 aromatic heterocycles. The van der Waals surface area contributed by atoms with Crippen LogP contribution in [-0.2, 0) is 14.3 Å². The third kappa shape index (κ3) is 1.84. The van der Waals surface area contributed by atoms with Gasteiger partial charge >= 0.3 is 5.97 Å². The van der Waals surface area contributed by atoms with E-state index < -0.39 is 17.5 Å². The molecule has 17 heavy (non-hydrogen) atoms. The first kappa shape index (κ1) is 12.1. The SMILES string of the molecule is CCN1CCC2(CC1)OC(=O)C(C)=C2C(=O)[O-]. The fourth-order valence-corrected chi connectivity index (χ4v) is 2.67. The van der Waals surface area contributed by atoms with E-state index in [1.165, 1.54) is 6.92 Å². The Hall–Kier alpha value is -1.36. The lowest BCUT2D eigenvalue weighted by atomic mass is 9.83. The number of hydrogen-bond donors (Lipinski definition) is 0. The van der Waals surface area contributed by atoms with Crippen molar-refractivity contribution in [1.82, 2.24) is 4.90 Å². The summed E-state index contributed by atoms with van der Waals surface area (Å²) in [5, 5.41) is 11.2. The smallest absolute Gasteiger partial charge is 0.335 e. The van der Waals surface area contributed by atoms with Gasteiger partial charge in [0.25, 0.3) is 0 Å². The molecule has 5 heteroatoms. The van der Waals surface area contributed by atoms with Gasteiger partial charge in [0.1, 0.15) is 5.60 Å². The molecule has 0 aliphatic carbocycles. The molecule has 5 nitrogen and oxygen atoms in total. The first-order valence-electron chi connectivity index (χ1n) is 5.88. The Morgan fingerprint density at radius 3 is 2.53 bits per heavy atom. The molecule has 0 aromatic rings. The van der Waals surface area contributed by atoms with Crippen LogP contribution in [0.5, 0.6) is 0 Å². The van der Waals surface area contributed by atoms with E-state index in [4.69, 9.17) is 4.74 Å². The second-order valence-electron chi connectivity index (χ2n) is 4.61. The maximum Gasteiger partial charge on any atom is 0.335 e. The number of rotatable bonds is 2. The molecule has 1 saturated heterocycles. The van der Waals surface area contributed by atoms with E-state index in [0.29, 0.717) is 12.8 Å². The summed E-state index contributed by atoms with van der Waals surface area (Å²) >= 11 is 0. The molecule has 0 N–H and O–H groups in total. The zero-order chi connectivity index (χ0) is 12.6. The monoisotopic (exact) mass is 238 g/mol. The summed E-state index contributed by atoms with van der Waals surface area (Å²) in [5.74, 6) is -1.80. The normalized spacial score (nSPS) is 24.2. The Bertz CT molecular complexity index is 391. The molecule has 1 fully saturated rings. The Kier molecular flexibility index (Phi) is 2.95. The molecule has 1 spiro atoms. The molecule has 0 aromatic carbocycles. The first-order valence-corrected chi connectivity index (χ1v) is 5.88. The number of carbonyl (C=O) groups is 2. The fourth-order valence-electron chi connectivity index (χ4n) is 2.67. The number of ether oxygens (including phenoxy) is 1. The van der Waals surface area contributed by atoms with Gasteiger partial charge in [-0.2, -0.15) is 0 Å². The molecule has 0 radical (unpaired) electrons. The van der Waals surface area contributed by atoms with E-state index >= 15 is 0 Å². The second kappa shape index (κ2) is 4.14. The lowest BCUT2D eigenvalue weighted by molar-refractivity contribution is -0.301. The van der Waals surface area contributed by atoms with Gasteiger partial charge < -0.3 is 19.5 Å². The number of carbonyl (C=O) groups excluding carboxylic acids is 2. The van der Waals surface area contributed by atoms with Crippen LogP contribution in [0.2, 0.25) is 0 Å². The van der Waals surface area contributed by atoms with Gasteiger partial charge in [-0.05, 0) is 13.5 Å². The van der Waals surface area contributed by atoms with Gasteiger partial charge in [0, 0.05) is 37.1 Å². The average molecular weight is 238 g/mol. The van der Waals surface area contributed by atoms with E-state index in [-0.39, 0.29) is 11.1 Å². The second-order valence-corrected chi connectivity index (χ2v) is 4.61. The molecular formula is C12H16NO4-. The number of nitrogens with zero attached hydrogens (tertiary/aromatic N) is 1. The minimum atomic E-state index is -1.28. The molecule has 2 aliphatic rings. The van der Waals surface area contributed by atoms with Crippen LogP contribution in [0, 0.1) is 0 Å². The molecule has 0 unspecified atom stereocenters. The van der Waals surface area contributed by atoms with Gasteiger partial charge in [0.05, 0.1) is 5.97 Å². The molecule has 0 saturated carbocycles. The summed E-state index contributed by atoms with van der Waals surface area (Å²) in [4.78, 5) is 24.9. The zero-order valence-electron chi connectivity index (χ0n) is 10.1. The van der Waals surface area contributed by atoms with Gasteiger partial charge in [0.2, 0.25) is 0 Å². The highest BCUT2D eigenvalue weighted by molar-refractivity contribution is 6.03.